The van der Waals surface area contributed by atoms with E-state index in [0.29, 0.717) is 6.42 Å². The lowest BCUT2D eigenvalue weighted by molar-refractivity contribution is -0.116. The van der Waals surface area contributed by atoms with E-state index in [1.807, 2.05) is 63.5 Å². The number of anilines is 1. The van der Waals surface area contributed by atoms with Crippen LogP contribution in [0.25, 0.3) is 0 Å². The molecule has 5 heteroatoms. The Balaban J connectivity index is 1.79. The fraction of sp³-hybridized carbons (Fsp3) is 0.389. The lowest BCUT2D eigenvalue weighted by atomic mass is 10.1. The Morgan fingerprint density at radius 2 is 1.91 bits per heavy atom. The van der Waals surface area contributed by atoms with Gasteiger partial charge in [-0.05, 0) is 45.3 Å². The minimum atomic E-state index is 0.00982. The number of carbonyl (C=O) groups excluding carboxylic acids is 1. The van der Waals surface area contributed by atoms with Gasteiger partial charge in [0.1, 0.15) is 5.76 Å². The Kier molecular flexibility index (Phi) is 6.38. The van der Waals surface area contributed by atoms with E-state index in [4.69, 9.17) is 4.42 Å². The summed E-state index contributed by atoms with van der Waals surface area (Å²) in [5, 5.41) is 6.31. The van der Waals surface area contributed by atoms with E-state index in [1.165, 1.54) is 0 Å². The van der Waals surface area contributed by atoms with Gasteiger partial charge in [0.15, 0.2) is 0 Å². The van der Waals surface area contributed by atoms with E-state index in [-0.39, 0.29) is 18.0 Å². The summed E-state index contributed by atoms with van der Waals surface area (Å²) < 4.78 is 5.49. The molecule has 1 aromatic heterocycles. The SMILES string of the molecule is CC(CC(=O)Nc1ccccc1)NCC(c1ccco1)N(C)C. The number of nitrogens with one attached hydrogen (secondary N) is 2. The largest absolute Gasteiger partial charge is 0.468 e. The molecule has 5 nitrogen and oxygen atoms in total. The molecular weight excluding hydrogens is 290 g/mol. The van der Waals surface area contributed by atoms with Gasteiger partial charge in [-0.1, -0.05) is 18.2 Å². The predicted octanol–water partition coefficient (Wildman–Crippen LogP) is 2.89. The van der Waals surface area contributed by atoms with Crippen LogP contribution in [0, 0.1) is 0 Å². The van der Waals surface area contributed by atoms with Crippen LogP contribution in [0.4, 0.5) is 5.69 Å². The van der Waals surface area contributed by atoms with Crippen LogP contribution in [0.1, 0.15) is 25.1 Å². The zero-order chi connectivity index (χ0) is 16.7. The highest BCUT2D eigenvalue weighted by atomic mass is 16.3. The first-order chi connectivity index (χ1) is 11.1. The molecule has 0 saturated carbocycles. The number of para-hydroxylation sites is 1. The molecule has 0 saturated heterocycles. The third-order valence-corrected chi connectivity index (χ3v) is 3.70. The normalized spacial score (nSPS) is 13.7. The van der Waals surface area contributed by atoms with Gasteiger partial charge >= 0.3 is 0 Å². The molecule has 2 atom stereocenters. The van der Waals surface area contributed by atoms with Gasteiger partial charge in [-0.15, -0.1) is 0 Å². The van der Waals surface area contributed by atoms with Gasteiger partial charge in [-0.3, -0.25) is 9.69 Å². The van der Waals surface area contributed by atoms with Crippen LogP contribution in [0.2, 0.25) is 0 Å². The maximum absolute atomic E-state index is 12.1. The molecular formula is C18H25N3O2. The van der Waals surface area contributed by atoms with Gasteiger partial charge in [0.2, 0.25) is 5.91 Å². The van der Waals surface area contributed by atoms with Gasteiger partial charge in [0.25, 0.3) is 0 Å². The zero-order valence-corrected chi connectivity index (χ0v) is 14.0. The van der Waals surface area contributed by atoms with E-state index in [0.717, 1.165) is 18.0 Å². The molecule has 2 unspecified atom stereocenters. The summed E-state index contributed by atoms with van der Waals surface area (Å²) in [4.78, 5) is 14.1. The van der Waals surface area contributed by atoms with Gasteiger partial charge < -0.3 is 15.1 Å². The zero-order valence-electron chi connectivity index (χ0n) is 14.0. The van der Waals surface area contributed by atoms with Crippen molar-refractivity contribution >= 4 is 11.6 Å². The molecule has 0 aliphatic heterocycles. The van der Waals surface area contributed by atoms with E-state index in [9.17, 15) is 4.79 Å². The first-order valence-corrected chi connectivity index (χ1v) is 7.84. The lowest BCUT2D eigenvalue weighted by Crippen LogP contribution is -2.37. The fourth-order valence-corrected chi connectivity index (χ4v) is 2.42. The van der Waals surface area contributed by atoms with Crippen molar-refractivity contribution < 1.29 is 9.21 Å². The van der Waals surface area contributed by atoms with Gasteiger partial charge in [0.05, 0.1) is 12.3 Å². The molecule has 0 aliphatic rings. The smallest absolute Gasteiger partial charge is 0.225 e. The number of likely N-dealkylation sites (N-methyl/N-ethyl adjacent to an activating group) is 1. The highest BCUT2D eigenvalue weighted by molar-refractivity contribution is 5.90. The number of carbonyl (C=O) groups is 1. The van der Waals surface area contributed by atoms with Crippen molar-refractivity contribution in [3.05, 3.63) is 54.5 Å². The quantitative estimate of drug-likeness (QED) is 0.786. The average Bonchev–Trinajstić information content (AvgIpc) is 3.02. The Morgan fingerprint density at radius 3 is 2.52 bits per heavy atom. The van der Waals surface area contributed by atoms with Gasteiger partial charge in [-0.25, -0.2) is 0 Å². The van der Waals surface area contributed by atoms with E-state index in [1.54, 1.807) is 6.26 Å². The number of furan rings is 1. The second kappa shape index (κ2) is 8.50. The minimum absolute atomic E-state index is 0.00982. The Labute approximate surface area is 137 Å². The number of benzene rings is 1. The summed E-state index contributed by atoms with van der Waals surface area (Å²) in [7, 11) is 4.03. The van der Waals surface area contributed by atoms with Crippen LogP contribution >= 0.6 is 0 Å². The van der Waals surface area contributed by atoms with Crippen LogP contribution in [0.3, 0.4) is 0 Å². The predicted molar refractivity (Wildman–Crippen MR) is 92.3 cm³/mol. The fourth-order valence-electron chi connectivity index (χ4n) is 2.42. The monoisotopic (exact) mass is 315 g/mol. The molecule has 2 aromatic rings. The molecule has 1 aromatic carbocycles. The van der Waals surface area contributed by atoms with Crippen molar-refractivity contribution in [3.8, 4) is 0 Å². The van der Waals surface area contributed by atoms with Crippen LogP contribution < -0.4 is 10.6 Å². The molecule has 124 valence electrons. The summed E-state index contributed by atoms with van der Waals surface area (Å²) in [5.41, 5.74) is 0.825. The van der Waals surface area contributed by atoms with Crippen molar-refractivity contribution in [2.45, 2.75) is 25.4 Å². The first kappa shape index (κ1) is 17.2. The summed E-state index contributed by atoms with van der Waals surface area (Å²) >= 11 is 0. The van der Waals surface area contributed by atoms with Crippen molar-refractivity contribution in [3.63, 3.8) is 0 Å². The molecule has 0 spiro atoms. The molecule has 0 fully saturated rings. The summed E-state index contributed by atoms with van der Waals surface area (Å²) in [6, 6.07) is 13.6. The Hall–Kier alpha value is -2.11. The van der Waals surface area contributed by atoms with Crippen LogP contribution in [-0.2, 0) is 4.79 Å². The Bertz CT molecular complexity index is 582. The third-order valence-electron chi connectivity index (χ3n) is 3.70. The van der Waals surface area contributed by atoms with Crippen molar-refractivity contribution in [2.75, 3.05) is 26.0 Å². The second-order valence-corrected chi connectivity index (χ2v) is 5.92. The minimum Gasteiger partial charge on any atom is -0.468 e. The lowest BCUT2D eigenvalue weighted by Gasteiger charge is -2.24. The van der Waals surface area contributed by atoms with Crippen LogP contribution in [-0.4, -0.2) is 37.5 Å². The number of rotatable bonds is 8. The van der Waals surface area contributed by atoms with E-state index < -0.39 is 0 Å². The average molecular weight is 315 g/mol. The maximum atomic E-state index is 12.1. The molecule has 2 rings (SSSR count). The molecule has 0 aliphatic carbocycles. The summed E-state index contributed by atoms with van der Waals surface area (Å²) in [6.45, 7) is 2.74. The highest BCUT2D eigenvalue weighted by Gasteiger charge is 2.18. The summed E-state index contributed by atoms with van der Waals surface area (Å²) in [5.74, 6) is 0.930. The van der Waals surface area contributed by atoms with E-state index >= 15 is 0 Å². The van der Waals surface area contributed by atoms with Gasteiger partial charge in [-0.2, -0.15) is 0 Å². The van der Waals surface area contributed by atoms with Crippen LogP contribution in [0.15, 0.2) is 53.1 Å². The number of hydrogen-bond acceptors (Lipinski definition) is 4. The molecule has 0 bridgehead atoms. The first-order valence-electron chi connectivity index (χ1n) is 7.84. The highest BCUT2D eigenvalue weighted by Crippen LogP contribution is 2.17. The Morgan fingerprint density at radius 1 is 1.17 bits per heavy atom. The van der Waals surface area contributed by atoms with Crippen molar-refractivity contribution in [2.24, 2.45) is 0 Å². The molecule has 1 heterocycles. The number of nitrogens with zero attached hydrogens (tertiary/aromatic N) is 1. The topological polar surface area (TPSA) is 57.5 Å². The van der Waals surface area contributed by atoms with Crippen molar-refractivity contribution in [1.82, 2.24) is 10.2 Å². The molecule has 23 heavy (non-hydrogen) atoms. The molecule has 0 radical (unpaired) electrons. The molecule has 2 N–H and O–H groups in total. The van der Waals surface area contributed by atoms with Gasteiger partial charge in [0, 0.05) is 24.7 Å². The van der Waals surface area contributed by atoms with Crippen LogP contribution in [0.5, 0.6) is 0 Å². The molecule has 1 amide bonds. The van der Waals surface area contributed by atoms with E-state index in [2.05, 4.69) is 15.5 Å². The van der Waals surface area contributed by atoms with Crippen molar-refractivity contribution in [1.29, 1.82) is 0 Å². The third kappa shape index (κ3) is 5.54. The number of hydrogen-bond donors (Lipinski definition) is 2. The maximum Gasteiger partial charge on any atom is 0.225 e. The number of amides is 1. The standard InChI is InChI=1S/C18H25N3O2/c1-14(12-18(22)20-15-8-5-4-6-9-15)19-13-16(21(2)3)17-10-7-11-23-17/h4-11,14,16,19H,12-13H2,1-3H3,(H,20,22). The summed E-state index contributed by atoms with van der Waals surface area (Å²) in [6.07, 6.45) is 2.11. The second-order valence-electron chi connectivity index (χ2n) is 5.92.